The molecule has 4 aromatic rings. The molecule has 1 fully saturated rings. The first-order chi connectivity index (χ1) is 18.4. The monoisotopic (exact) mass is 538 g/mol. The van der Waals surface area contributed by atoms with E-state index in [-0.39, 0.29) is 45.6 Å². The first-order valence-electron chi connectivity index (χ1n) is 11.6. The van der Waals surface area contributed by atoms with Crippen LogP contribution >= 0.6 is 11.6 Å². The summed E-state index contributed by atoms with van der Waals surface area (Å²) >= 11 is 6.46. The summed E-state index contributed by atoms with van der Waals surface area (Å²) in [5.74, 6) is -2.09. The van der Waals surface area contributed by atoms with E-state index in [4.69, 9.17) is 16.3 Å². The first kappa shape index (κ1) is 25.3. The van der Waals surface area contributed by atoms with Crippen molar-refractivity contribution in [3.05, 3.63) is 77.6 Å². The van der Waals surface area contributed by atoms with E-state index in [9.17, 15) is 14.3 Å². The van der Waals surface area contributed by atoms with Gasteiger partial charge in [-0.2, -0.15) is 20.2 Å². The number of ether oxygens (including phenoxy) is 1. The second-order valence-corrected chi connectivity index (χ2v) is 8.87. The lowest BCUT2D eigenvalue weighted by Crippen LogP contribution is -2.48. The number of amides is 1. The number of aromatic nitrogens is 4. The van der Waals surface area contributed by atoms with Crippen LogP contribution in [0.1, 0.15) is 5.56 Å². The number of piperazine rings is 1. The van der Waals surface area contributed by atoms with Crippen LogP contribution < -0.4 is 9.64 Å². The fourth-order valence-electron chi connectivity index (χ4n) is 4.27. The molecule has 1 amide bonds. The second kappa shape index (κ2) is 10.5. The zero-order chi connectivity index (χ0) is 26.8. The van der Waals surface area contributed by atoms with Crippen molar-refractivity contribution in [3.63, 3.8) is 0 Å². The highest BCUT2D eigenvalue weighted by Gasteiger charge is 2.27. The van der Waals surface area contributed by atoms with Crippen molar-refractivity contribution in [3.8, 4) is 22.9 Å². The molecular weight excluding hydrogens is 518 g/mol. The molecule has 12 heteroatoms. The third-order valence-electron chi connectivity index (χ3n) is 6.16. The number of halogens is 3. The van der Waals surface area contributed by atoms with Crippen LogP contribution in [-0.4, -0.2) is 62.3 Å². The zero-order valence-electron chi connectivity index (χ0n) is 19.9. The highest BCUT2D eigenvalue weighted by molar-refractivity contribution is 6.34. The van der Waals surface area contributed by atoms with Crippen LogP contribution in [0.4, 0.5) is 14.6 Å². The van der Waals surface area contributed by atoms with Crippen LogP contribution in [0.5, 0.6) is 11.8 Å². The number of fused-ring (bicyclic) bond motifs is 1. The van der Waals surface area contributed by atoms with Gasteiger partial charge in [-0.15, -0.1) is 0 Å². The first-order valence-corrected chi connectivity index (χ1v) is 12.0. The third kappa shape index (κ3) is 4.80. The van der Waals surface area contributed by atoms with E-state index in [0.717, 1.165) is 6.07 Å². The molecule has 2 aromatic carbocycles. The van der Waals surface area contributed by atoms with Gasteiger partial charge in [0, 0.05) is 48.9 Å². The van der Waals surface area contributed by atoms with Crippen molar-refractivity contribution in [2.75, 3.05) is 31.1 Å². The van der Waals surface area contributed by atoms with Gasteiger partial charge in [-0.3, -0.25) is 4.79 Å². The summed E-state index contributed by atoms with van der Waals surface area (Å²) in [7, 11) is 0. The normalized spacial score (nSPS) is 13.6. The second-order valence-electron chi connectivity index (χ2n) is 8.46. The largest absolute Gasteiger partial charge is 0.507 e. The Morgan fingerprint density at radius 2 is 1.92 bits per heavy atom. The Morgan fingerprint density at radius 3 is 2.61 bits per heavy atom. The molecular formula is C26H21ClF2N6O3. The van der Waals surface area contributed by atoms with E-state index in [1.807, 2.05) is 4.90 Å². The average molecular weight is 539 g/mol. The molecule has 0 spiro atoms. The average Bonchev–Trinajstić information content (AvgIpc) is 2.93. The van der Waals surface area contributed by atoms with Crippen molar-refractivity contribution < 1.29 is 23.4 Å². The van der Waals surface area contributed by atoms with Crippen molar-refractivity contribution in [2.45, 2.75) is 6.61 Å². The summed E-state index contributed by atoms with van der Waals surface area (Å²) < 4.78 is 36.5. The number of phenols is 1. The predicted octanol–water partition coefficient (Wildman–Crippen LogP) is 4.14. The summed E-state index contributed by atoms with van der Waals surface area (Å²) in [6.07, 6.45) is 4.27. The number of carbonyl (C=O) groups is 1. The van der Waals surface area contributed by atoms with E-state index in [1.54, 1.807) is 11.0 Å². The highest BCUT2D eigenvalue weighted by Crippen LogP contribution is 2.42. The fraction of sp³-hybridized carbons (Fsp3) is 0.192. The van der Waals surface area contributed by atoms with Crippen LogP contribution in [0.3, 0.4) is 0 Å². The minimum absolute atomic E-state index is 0.0399. The quantitative estimate of drug-likeness (QED) is 0.365. The number of hydrogen-bond donors (Lipinski definition) is 1. The number of anilines is 1. The number of aromatic hydroxyl groups is 1. The van der Waals surface area contributed by atoms with Crippen LogP contribution in [0.2, 0.25) is 5.02 Å². The van der Waals surface area contributed by atoms with Crippen LogP contribution in [-0.2, 0) is 11.4 Å². The van der Waals surface area contributed by atoms with Crippen LogP contribution in [0.15, 0.2) is 55.4 Å². The van der Waals surface area contributed by atoms with Gasteiger partial charge in [0.15, 0.2) is 5.82 Å². The van der Waals surface area contributed by atoms with Gasteiger partial charge < -0.3 is 19.6 Å². The summed E-state index contributed by atoms with van der Waals surface area (Å²) in [5, 5.41) is 18.0. The summed E-state index contributed by atoms with van der Waals surface area (Å²) in [5.41, 5.74) is -0.177. The molecule has 2 aromatic heterocycles. The maximum atomic E-state index is 16.1. The Kier molecular flexibility index (Phi) is 7.01. The predicted molar refractivity (Wildman–Crippen MR) is 137 cm³/mol. The van der Waals surface area contributed by atoms with Gasteiger partial charge in [0.05, 0.1) is 16.8 Å². The summed E-state index contributed by atoms with van der Waals surface area (Å²) in [4.78, 5) is 24.4. The molecule has 38 heavy (non-hydrogen) atoms. The minimum Gasteiger partial charge on any atom is -0.507 e. The number of carbonyl (C=O) groups excluding carboxylic acids is 1. The highest BCUT2D eigenvalue weighted by atomic mass is 35.5. The molecule has 0 saturated carbocycles. The zero-order valence-corrected chi connectivity index (χ0v) is 20.7. The Hall–Kier alpha value is -4.38. The smallest absolute Gasteiger partial charge is 0.319 e. The third-order valence-corrected chi connectivity index (χ3v) is 6.46. The van der Waals surface area contributed by atoms with Crippen molar-refractivity contribution in [2.24, 2.45) is 0 Å². The van der Waals surface area contributed by atoms with E-state index in [2.05, 4.69) is 26.7 Å². The minimum atomic E-state index is -0.938. The van der Waals surface area contributed by atoms with E-state index >= 15 is 4.39 Å². The number of phenolic OH excluding ortho intramolecular Hbond substituents is 1. The van der Waals surface area contributed by atoms with Crippen molar-refractivity contribution in [1.82, 2.24) is 25.1 Å². The van der Waals surface area contributed by atoms with Crippen LogP contribution in [0.25, 0.3) is 22.0 Å². The van der Waals surface area contributed by atoms with E-state index in [0.29, 0.717) is 37.6 Å². The van der Waals surface area contributed by atoms with Crippen molar-refractivity contribution in [1.29, 1.82) is 0 Å². The number of hydrogen-bond acceptors (Lipinski definition) is 8. The molecule has 1 aliphatic rings. The molecule has 1 aliphatic heterocycles. The number of benzene rings is 2. The lowest BCUT2D eigenvalue weighted by molar-refractivity contribution is -0.126. The lowest BCUT2D eigenvalue weighted by Gasteiger charge is -2.35. The number of rotatable bonds is 6. The standard InChI is InChI=1S/C26H21ClF2N6O3/c1-2-20(37)34-8-10-35(11-9-34)25-16-12-17(27)21(22-18(28)4-3-5-19(22)36)23(29)24(16)32-26(33-25)38-14-15-6-7-30-31-13-15/h2-7,12-13,36H,1,8-11,14H2. The van der Waals surface area contributed by atoms with Gasteiger partial charge in [-0.05, 0) is 30.3 Å². The lowest BCUT2D eigenvalue weighted by atomic mass is 10.0. The SMILES string of the molecule is C=CC(=O)N1CCN(c2nc(OCc3ccnnc3)nc3c(F)c(-c4c(O)cccc4F)c(Cl)cc23)CC1. The molecule has 3 heterocycles. The Bertz CT molecular complexity index is 1510. The van der Waals surface area contributed by atoms with Gasteiger partial charge in [0.2, 0.25) is 5.91 Å². The Labute approximate surface area is 221 Å². The van der Waals surface area contributed by atoms with Gasteiger partial charge in [-0.25, -0.2) is 8.78 Å². The topological polar surface area (TPSA) is 105 Å². The van der Waals surface area contributed by atoms with E-state index in [1.165, 1.54) is 36.7 Å². The Balaban J connectivity index is 1.62. The molecule has 0 unspecified atom stereocenters. The van der Waals surface area contributed by atoms with Crippen LogP contribution in [0, 0.1) is 11.6 Å². The van der Waals surface area contributed by atoms with Gasteiger partial charge in [-0.1, -0.05) is 24.2 Å². The van der Waals surface area contributed by atoms with Crippen molar-refractivity contribution >= 4 is 34.2 Å². The molecule has 1 saturated heterocycles. The van der Waals surface area contributed by atoms with Gasteiger partial charge >= 0.3 is 6.01 Å². The van der Waals surface area contributed by atoms with Gasteiger partial charge in [0.25, 0.3) is 0 Å². The molecule has 0 aliphatic carbocycles. The maximum Gasteiger partial charge on any atom is 0.319 e. The molecule has 0 bridgehead atoms. The number of nitrogens with zero attached hydrogens (tertiary/aromatic N) is 6. The molecule has 194 valence electrons. The van der Waals surface area contributed by atoms with E-state index < -0.39 is 17.4 Å². The summed E-state index contributed by atoms with van der Waals surface area (Å²) in [6, 6.07) is 6.66. The molecule has 0 atom stereocenters. The van der Waals surface area contributed by atoms with Gasteiger partial charge in [0.1, 0.15) is 29.5 Å². The molecule has 5 rings (SSSR count). The molecule has 0 radical (unpaired) electrons. The molecule has 1 N–H and O–H groups in total. The fourth-order valence-corrected chi connectivity index (χ4v) is 4.56. The molecule has 9 nitrogen and oxygen atoms in total. The Morgan fingerprint density at radius 1 is 1.13 bits per heavy atom. The summed E-state index contributed by atoms with van der Waals surface area (Å²) in [6.45, 7) is 5.15. The maximum absolute atomic E-state index is 16.1.